The molecule has 20 heavy (non-hydrogen) atoms. The summed E-state index contributed by atoms with van der Waals surface area (Å²) in [5.41, 5.74) is 14.8. The highest BCUT2D eigenvalue weighted by Crippen LogP contribution is 2.24. The van der Waals surface area contributed by atoms with Crippen LogP contribution in [0.15, 0.2) is 36.5 Å². The Balaban J connectivity index is 2.25. The molecule has 1 aromatic carbocycles. The lowest BCUT2D eigenvalue weighted by molar-refractivity contribution is 0.100. The zero-order valence-electron chi connectivity index (χ0n) is 11.4. The molecule has 0 radical (unpaired) electrons. The second-order valence-corrected chi connectivity index (χ2v) is 4.45. The maximum Gasteiger partial charge on any atom is 0.250 e. The highest BCUT2D eigenvalue weighted by Gasteiger charge is 2.11. The number of amides is 1. The number of hydrogen-bond donors (Lipinski definition) is 3. The standard InChI is InChI=1S/C15H18N4O/c1-2-10-5-4-8-18-13(10)9-19-14-11(15(17)20)6-3-7-12(14)16/h3-8,19H,2,9,16H2,1H3,(H2,17,20). The van der Waals surface area contributed by atoms with Crippen molar-refractivity contribution in [2.24, 2.45) is 5.73 Å². The van der Waals surface area contributed by atoms with Crippen LogP contribution >= 0.6 is 0 Å². The van der Waals surface area contributed by atoms with Gasteiger partial charge in [0.2, 0.25) is 0 Å². The predicted octanol–water partition coefficient (Wildman–Crippen LogP) is 1.94. The molecule has 104 valence electrons. The minimum Gasteiger partial charge on any atom is -0.397 e. The van der Waals surface area contributed by atoms with Crippen molar-refractivity contribution in [1.29, 1.82) is 0 Å². The van der Waals surface area contributed by atoms with Crippen LogP contribution in [0.25, 0.3) is 0 Å². The van der Waals surface area contributed by atoms with Gasteiger partial charge in [-0.05, 0) is 30.2 Å². The number of nitrogens with one attached hydrogen (secondary N) is 1. The summed E-state index contributed by atoms with van der Waals surface area (Å²) in [7, 11) is 0. The number of aromatic nitrogens is 1. The molecule has 1 amide bonds. The topological polar surface area (TPSA) is 94.0 Å². The van der Waals surface area contributed by atoms with Gasteiger partial charge in [0, 0.05) is 6.20 Å². The van der Waals surface area contributed by atoms with Gasteiger partial charge in [-0.2, -0.15) is 0 Å². The van der Waals surface area contributed by atoms with E-state index < -0.39 is 5.91 Å². The van der Waals surface area contributed by atoms with E-state index in [2.05, 4.69) is 17.2 Å². The summed E-state index contributed by atoms with van der Waals surface area (Å²) < 4.78 is 0. The minimum absolute atomic E-state index is 0.388. The molecule has 0 unspecified atom stereocenters. The normalized spacial score (nSPS) is 10.2. The number of pyridine rings is 1. The van der Waals surface area contributed by atoms with Crippen molar-refractivity contribution in [1.82, 2.24) is 4.98 Å². The molecule has 0 atom stereocenters. The zero-order chi connectivity index (χ0) is 14.5. The molecule has 0 aliphatic carbocycles. The first-order valence-electron chi connectivity index (χ1n) is 6.48. The Bertz CT molecular complexity index is 625. The number of nitrogens with zero attached hydrogens (tertiary/aromatic N) is 1. The predicted molar refractivity (Wildman–Crippen MR) is 80.3 cm³/mol. The molecule has 0 saturated heterocycles. The van der Waals surface area contributed by atoms with Crippen molar-refractivity contribution in [3.8, 4) is 0 Å². The van der Waals surface area contributed by atoms with E-state index in [9.17, 15) is 4.79 Å². The highest BCUT2D eigenvalue weighted by atomic mass is 16.1. The molecule has 1 aromatic heterocycles. The molecule has 0 aliphatic heterocycles. The molecule has 0 bridgehead atoms. The molecule has 0 fully saturated rings. The van der Waals surface area contributed by atoms with E-state index in [1.165, 1.54) is 0 Å². The Morgan fingerprint density at radius 1 is 1.30 bits per heavy atom. The summed E-state index contributed by atoms with van der Waals surface area (Å²) in [6.07, 6.45) is 2.65. The van der Waals surface area contributed by atoms with Gasteiger partial charge in [0.15, 0.2) is 0 Å². The quantitative estimate of drug-likeness (QED) is 0.724. The number of benzene rings is 1. The highest BCUT2D eigenvalue weighted by molar-refractivity contribution is 6.01. The molecular weight excluding hydrogens is 252 g/mol. The van der Waals surface area contributed by atoms with Gasteiger partial charge in [-0.1, -0.05) is 19.1 Å². The zero-order valence-corrected chi connectivity index (χ0v) is 11.4. The molecule has 2 rings (SSSR count). The average molecular weight is 270 g/mol. The number of hydrogen-bond acceptors (Lipinski definition) is 4. The van der Waals surface area contributed by atoms with E-state index in [4.69, 9.17) is 11.5 Å². The van der Waals surface area contributed by atoms with Gasteiger partial charge in [0.05, 0.1) is 29.2 Å². The molecule has 1 heterocycles. The molecule has 5 N–H and O–H groups in total. The Morgan fingerprint density at radius 2 is 2.10 bits per heavy atom. The van der Waals surface area contributed by atoms with Crippen molar-refractivity contribution >= 4 is 17.3 Å². The fraction of sp³-hybridized carbons (Fsp3) is 0.200. The van der Waals surface area contributed by atoms with Crippen LogP contribution < -0.4 is 16.8 Å². The smallest absolute Gasteiger partial charge is 0.250 e. The lowest BCUT2D eigenvalue weighted by atomic mass is 10.1. The number of rotatable bonds is 5. The monoisotopic (exact) mass is 270 g/mol. The summed E-state index contributed by atoms with van der Waals surface area (Å²) in [6.45, 7) is 2.57. The van der Waals surface area contributed by atoms with Crippen LogP contribution in [0.4, 0.5) is 11.4 Å². The third-order valence-electron chi connectivity index (χ3n) is 3.16. The number of para-hydroxylation sites is 1. The number of nitrogens with two attached hydrogens (primary N) is 2. The van der Waals surface area contributed by atoms with E-state index >= 15 is 0 Å². The van der Waals surface area contributed by atoms with Gasteiger partial charge >= 0.3 is 0 Å². The van der Waals surface area contributed by atoms with Gasteiger partial charge in [0.1, 0.15) is 0 Å². The van der Waals surface area contributed by atoms with Gasteiger partial charge in [0.25, 0.3) is 5.91 Å². The number of aryl methyl sites for hydroxylation is 1. The number of primary amides is 1. The fourth-order valence-corrected chi connectivity index (χ4v) is 2.10. The van der Waals surface area contributed by atoms with Crippen molar-refractivity contribution < 1.29 is 4.79 Å². The number of anilines is 2. The number of carbonyl (C=O) groups is 1. The summed E-state index contributed by atoms with van der Waals surface area (Å²) >= 11 is 0. The van der Waals surface area contributed by atoms with Crippen molar-refractivity contribution in [2.45, 2.75) is 19.9 Å². The lowest BCUT2D eigenvalue weighted by Crippen LogP contribution is -2.16. The van der Waals surface area contributed by atoms with E-state index in [1.54, 1.807) is 24.4 Å². The molecule has 5 nitrogen and oxygen atoms in total. The largest absolute Gasteiger partial charge is 0.397 e. The van der Waals surface area contributed by atoms with Gasteiger partial charge in [-0.25, -0.2) is 0 Å². The van der Waals surface area contributed by atoms with Crippen LogP contribution in [-0.4, -0.2) is 10.9 Å². The van der Waals surface area contributed by atoms with E-state index in [0.29, 0.717) is 23.5 Å². The second-order valence-electron chi connectivity index (χ2n) is 4.45. The summed E-state index contributed by atoms with van der Waals surface area (Å²) in [5, 5.41) is 3.17. The molecule has 0 aliphatic rings. The first-order valence-corrected chi connectivity index (χ1v) is 6.48. The number of nitrogen functional groups attached to an aromatic ring is 1. The summed E-state index contributed by atoms with van der Waals surface area (Å²) in [5.74, 6) is -0.503. The Morgan fingerprint density at radius 3 is 2.80 bits per heavy atom. The van der Waals surface area contributed by atoms with Crippen LogP contribution in [0.2, 0.25) is 0 Å². The number of carbonyl (C=O) groups excluding carboxylic acids is 1. The van der Waals surface area contributed by atoms with E-state index in [0.717, 1.165) is 17.7 Å². The molecular formula is C15H18N4O. The van der Waals surface area contributed by atoms with Crippen LogP contribution in [0.1, 0.15) is 28.5 Å². The third-order valence-corrected chi connectivity index (χ3v) is 3.16. The molecule has 2 aromatic rings. The SMILES string of the molecule is CCc1cccnc1CNc1c(N)cccc1C(N)=O. The maximum atomic E-state index is 11.4. The first-order chi connectivity index (χ1) is 9.63. The van der Waals surface area contributed by atoms with Crippen molar-refractivity contribution in [3.63, 3.8) is 0 Å². The van der Waals surface area contributed by atoms with Gasteiger partial charge in [-0.15, -0.1) is 0 Å². The van der Waals surface area contributed by atoms with Gasteiger partial charge in [-0.3, -0.25) is 9.78 Å². The third kappa shape index (κ3) is 2.88. The second kappa shape index (κ2) is 6.06. The Labute approximate surface area is 118 Å². The van der Waals surface area contributed by atoms with Crippen molar-refractivity contribution in [2.75, 3.05) is 11.1 Å². The Kier molecular flexibility index (Phi) is 4.20. The summed E-state index contributed by atoms with van der Waals surface area (Å²) in [6, 6.07) is 9.04. The summed E-state index contributed by atoms with van der Waals surface area (Å²) in [4.78, 5) is 15.8. The molecule has 0 spiro atoms. The van der Waals surface area contributed by atoms with E-state index in [1.807, 2.05) is 12.1 Å². The van der Waals surface area contributed by atoms with Gasteiger partial charge < -0.3 is 16.8 Å². The van der Waals surface area contributed by atoms with Crippen LogP contribution in [0, 0.1) is 0 Å². The maximum absolute atomic E-state index is 11.4. The lowest BCUT2D eigenvalue weighted by Gasteiger charge is -2.13. The molecule has 5 heteroatoms. The fourth-order valence-electron chi connectivity index (χ4n) is 2.10. The first kappa shape index (κ1) is 13.9. The van der Waals surface area contributed by atoms with Crippen LogP contribution in [-0.2, 0) is 13.0 Å². The minimum atomic E-state index is -0.503. The van der Waals surface area contributed by atoms with Crippen LogP contribution in [0.3, 0.4) is 0 Å². The van der Waals surface area contributed by atoms with Crippen LogP contribution in [0.5, 0.6) is 0 Å². The Hall–Kier alpha value is -2.56. The van der Waals surface area contributed by atoms with E-state index in [-0.39, 0.29) is 0 Å². The van der Waals surface area contributed by atoms with Crippen molar-refractivity contribution in [3.05, 3.63) is 53.3 Å². The molecule has 0 saturated carbocycles. The average Bonchev–Trinajstić information content (AvgIpc) is 2.46.